The van der Waals surface area contributed by atoms with E-state index < -0.39 is 6.04 Å². The fourth-order valence-corrected chi connectivity index (χ4v) is 3.75. The fourth-order valence-electron chi connectivity index (χ4n) is 3.75. The lowest BCUT2D eigenvalue weighted by molar-refractivity contribution is 0.0910. The summed E-state index contributed by atoms with van der Waals surface area (Å²) < 4.78 is 5.79. The maximum absolute atomic E-state index is 12.9. The third kappa shape index (κ3) is 5.28. The van der Waals surface area contributed by atoms with Crippen molar-refractivity contribution in [3.63, 3.8) is 0 Å². The van der Waals surface area contributed by atoms with Crippen LogP contribution in [0.1, 0.15) is 35.3 Å². The summed E-state index contributed by atoms with van der Waals surface area (Å²) in [6.07, 6.45) is 11.2. The van der Waals surface area contributed by atoms with Crippen LogP contribution in [0.15, 0.2) is 67.1 Å². The number of benzene rings is 2. The highest BCUT2D eigenvalue weighted by atomic mass is 16.5. The van der Waals surface area contributed by atoms with E-state index in [2.05, 4.69) is 45.5 Å². The van der Waals surface area contributed by atoms with E-state index in [-0.39, 0.29) is 18.6 Å². The Labute approximate surface area is 199 Å². The number of amides is 1. The van der Waals surface area contributed by atoms with E-state index in [4.69, 9.17) is 11.2 Å². The number of carbonyl (C=O) groups is 1. The van der Waals surface area contributed by atoms with Crippen LogP contribution in [-0.2, 0) is 6.42 Å². The molecule has 2 aromatic heterocycles. The van der Waals surface area contributed by atoms with Gasteiger partial charge >= 0.3 is 0 Å². The smallest absolute Gasteiger partial charge is 0.255 e. The minimum Gasteiger partial charge on any atom is -0.489 e. The van der Waals surface area contributed by atoms with Gasteiger partial charge in [0.2, 0.25) is 0 Å². The SMILES string of the molecule is C#Cc1cccc(C(=O)NC(CO)Cc2c[nH]c3ccncc23)c1OC(C)C.c1cc2cc-2c1. The van der Waals surface area contributed by atoms with Crippen LogP contribution in [0.2, 0.25) is 0 Å². The number of H-pyrrole nitrogens is 1. The number of para-hydroxylation sites is 1. The standard InChI is InChI=1S/C22H23N3O3.C6H4/c1-4-15-6-5-7-18(21(15)28-14(2)3)22(27)25-17(13-26)10-16-11-24-20-8-9-23-12-19(16)20;1-2-5-4-6(5)3-1/h1,5-9,11-12,14,17,24,26H,10,13H2,2-3H3,(H,25,27);1-4H. The molecular formula is C28H27N3O3. The number of aliphatic hydroxyl groups excluding tert-OH is 1. The number of carbonyl (C=O) groups excluding carboxylic acids is 1. The van der Waals surface area contributed by atoms with Gasteiger partial charge in [-0.25, -0.2) is 0 Å². The van der Waals surface area contributed by atoms with E-state index in [1.54, 1.807) is 30.6 Å². The zero-order valence-corrected chi connectivity index (χ0v) is 19.2. The number of nitrogens with zero attached hydrogens (tertiary/aromatic N) is 1. The van der Waals surface area contributed by atoms with Crippen LogP contribution in [0, 0.1) is 12.3 Å². The minimum absolute atomic E-state index is 0.131. The summed E-state index contributed by atoms with van der Waals surface area (Å²) in [7, 11) is 0. The van der Waals surface area contributed by atoms with Gasteiger partial charge in [-0.15, -0.1) is 6.42 Å². The van der Waals surface area contributed by atoms with Gasteiger partial charge in [0, 0.05) is 29.5 Å². The first-order chi connectivity index (χ1) is 16.5. The molecule has 3 N–H and O–H groups in total. The van der Waals surface area contributed by atoms with Crippen molar-refractivity contribution in [1.29, 1.82) is 0 Å². The normalized spacial score (nSPS) is 11.9. The predicted molar refractivity (Wildman–Crippen MR) is 134 cm³/mol. The number of nitrogens with one attached hydrogen (secondary N) is 2. The second-order valence-electron chi connectivity index (χ2n) is 8.37. The second-order valence-corrected chi connectivity index (χ2v) is 8.37. The number of aromatic nitrogens is 2. The zero-order chi connectivity index (χ0) is 24.1. The first-order valence-corrected chi connectivity index (χ1v) is 11.2. The van der Waals surface area contributed by atoms with Gasteiger partial charge in [-0.05, 0) is 61.2 Å². The van der Waals surface area contributed by atoms with E-state index in [1.165, 1.54) is 11.1 Å². The van der Waals surface area contributed by atoms with E-state index in [0.717, 1.165) is 16.5 Å². The number of rotatable bonds is 7. The molecule has 0 saturated carbocycles. The Morgan fingerprint density at radius 2 is 1.97 bits per heavy atom. The van der Waals surface area contributed by atoms with Gasteiger partial charge < -0.3 is 20.1 Å². The predicted octanol–water partition coefficient (Wildman–Crippen LogP) is 4.33. The molecule has 2 aliphatic rings. The molecule has 5 rings (SSSR count). The van der Waals surface area contributed by atoms with Crippen LogP contribution >= 0.6 is 0 Å². The Morgan fingerprint density at radius 3 is 2.59 bits per heavy atom. The van der Waals surface area contributed by atoms with Crippen molar-refractivity contribution in [2.45, 2.75) is 32.4 Å². The first-order valence-electron chi connectivity index (χ1n) is 11.2. The van der Waals surface area contributed by atoms with Crippen molar-refractivity contribution in [3.8, 4) is 29.2 Å². The van der Waals surface area contributed by atoms with Gasteiger partial charge in [0.15, 0.2) is 0 Å². The number of terminal acetylenes is 1. The topological polar surface area (TPSA) is 87.2 Å². The van der Waals surface area contributed by atoms with Crippen molar-refractivity contribution in [3.05, 3.63) is 83.8 Å². The molecule has 0 bridgehead atoms. The molecule has 6 heteroatoms. The molecule has 1 unspecified atom stereocenters. The van der Waals surface area contributed by atoms with Crippen molar-refractivity contribution >= 4 is 16.8 Å². The van der Waals surface area contributed by atoms with Crippen LogP contribution in [0.25, 0.3) is 22.0 Å². The van der Waals surface area contributed by atoms with E-state index >= 15 is 0 Å². The molecule has 172 valence electrons. The van der Waals surface area contributed by atoms with Crippen molar-refractivity contribution in [2.24, 2.45) is 0 Å². The Bertz CT molecular complexity index is 1330. The molecule has 0 fully saturated rings. The Hall–Kier alpha value is -4.08. The van der Waals surface area contributed by atoms with E-state index in [1.807, 2.05) is 26.1 Å². The third-order valence-electron chi connectivity index (χ3n) is 5.47. The Balaban J connectivity index is 0.000000388. The summed E-state index contributed by atoms with van der Waals surface area (Å²) in [6, 6.07) is 15.0. The van der Waals surface area contributed by atoms with Crippen LogP contribution in [-0.4, -0.2) is 39.7 Å². The minimum atomic E-state index is -0.465. The lowest BCUT2D eigenvalue weighted by Crippen LogP contribution is -2.39. The van der Waals surface area contributed by atoms with Crippen LogP contribution in [0.5, 0.6) is 5.75 Å². The van der Waals surface area contributed by atoms with Gasteiger partial charge in [-0.1, -0.05) is 30.2 Å². The van der Waals surface area contributed by atoms with Gasteiger partial charge in [0.05, 0.1) is 29.9 Å². The highest BCUT2D eigenvalue weighted by Gasteiger charge is 2.20. The molecule has 0 spiro atoms. The number of aromatic amines is 1. The number of hydrogen-bond donors (Lipinski definition) is 3. The summed E-state index contributed by atoms with van der Waals surface area (Å²) in [5.74, 6) is 2.59. The van der Waals surface area contributed by atoms with Crippen molar-refractivity contribution in [2.75, 3.05) is 6.61 Å². The molecule has 2 aliphatic carbocycles. The molecule has 6 nitrogen and oxygen atoms in total. The second kappa shape index (κ2) is 10.2. The molecule has 1 amide bonds. The van der Waals surface area contributed by atoms with E-state index in [0.29, 0.717) is 23.3 Å². The average Bonchev–Trinajstić information content (AvgIpc) is 3.24. The Kier molecular flexibility index (Phi) is 6.95. The van der Waals surface area contributed by atoms with Gasteiger partial charge in [-0.3, -0.25) is 9.78 Å². The van der Waals surface area contributed by atoms with Crippen LogP contribution in [0.3, 0.4) is 0 Å². The molecule has 2 heterocycles. The number of aliphatic hydroxyl groups is 1. The van der Waals surface area contributed by atoms with Crippen LogP contribution in [0.4, 0.5) is 0 Å². The summed E-state index contributed by atoms with van der Waals surface area (Å²) >= 11 is 0. The highest BCUT2D eigenvalue weighted by molar-refractivity contribution is 5.98. The number of ether oxygens (including phenoxy) is 1. The van der Waals surface area contributed by atoms with Crippen molar-refractivity contribution < 1.29 is 14.6 Å². The van der Waals surface area contributed by atoms with Gasteiger partial charge in [-0.2, -0.15) is 0 Å². The zero-order valence-electron chi connectivity index (χ0n) is 19.2. The van der Waals surface area contributed by atoms with Crippen LogP contribution < -0.4 is 10.1 Å². The largest absolute Gasteiger partial charge is 0.489 e. The Morgan fingerprint density at radius 1 is 1.21 bits per heavy atom. The number of fused-ring (bicyclic) bond motifs is 2. The lowest BCUT2D eigenvalue weighted by atomic mass is 10.0. The molecular weight excluding hydrogens is 426 g/mol. The third-order valence-corrected chi connectivity index (χ3v) is 5.47. The lowest BCUT2D eigenvalue weighted by Gasteiger charge is -2.19. The number of hydrogen-bond acceptors (Lipinski definition) is 4. The highest BCUT2D eigenvalue weighted by Crippen LogP contribution is 2.32. The molecule has 34 heavy (non-hydrogen) atoms. The summed E-state index contributed by atoms with van der Waals surface area (Å²) in [6.45, 7) is 3.54. The fraction of sp³-hybridized carbons (Fsp3) is 0.214. The molecule has 1 aromatic carbocycles. The molecule has 1 atom stereocenters. The number of pyridine rings is 1. The maximum Gasteiger partial charge on any atom is 0.255 e. The van der Waals surface area contributed by atoms with Crippen molar-refractivity contribution in [1.82, 2.24) is 15.3 Å². The molecule has 0 aliphatic heterocycles. The quantitative estimate of drug-likeness (QED) is 0.320. The molecule has 3 aromatic rings. The first kappa shape index (κ1) is 23.1. The monoisotopic (exact) mass is 453 g/mol. The average molecular weight is 454 g/mol. The van der Waals surface area contributed by atoms with Gasteiger partial charge in [0.25, 0.3) is 5.91 Å². The summed E-state index contributed by atoms with van der Waals surface area (Å²) in [5, 5.41) is 13.6. The van der Waals surface area contributed by atoms with E-state index in [9.17, 15) is 9.90 Å². The summed E-state index contributed by atoms with van der Waals surface area (Å²) in [4.78, 5) is 20.2. The summed E-state index contributed by atoms with van der Waals surface area (Å²) in [5.41, 5.74) is 5.65. The maximum atomic E-state index is 12.9. The molecule has 0 radical (unpaired) electrons. The molecule has 0 saturated heterocycles. The van der Waals surface area contributed by atoms with Gasteiger partial charge in [0.1, 0.15) is 5.75 Å².